The summed E-state index contributed by atoms with van der Waals surface area (Å²) in [5.74, 6) is 0.676. The van der Waals surface area contributed by atoms with Gasteiger partial charge < -0.3 is 10.6 Å². The molecule has 2 heteroatoms. The minimum absolute atomic E-state index is 0.676. The van der Waals surface area contributed by atoms with Gasteiger partial charge in [-0.1, -0.05) is 38.1 Å². The molecule has 0 aliphatic heterocycles. The molecule has 100 valence electrons. The summed E-state index contributed by atoms with van der Waals surface area (Å²) in [6, 6.07) is 9.87. The Labute approximate surface area is 111 Å². The Morgan fingerprint density at radius 3 is 2.50 bits per heavy atom. The molecule has 2 N–H and O–H groups in total. The van der Waals surface area contributed by atoms with Gasteiger partial charge in [-0.25, -0.2) is 0 Å². The van der Waals surface area contributed by atoms with E-state index >= 15 is 0 Å². The van der Waals surface area contributed by atoms with Crippen molar-refractivity contribution < 1.29 is 0 Å². The summed E-state index contributed by atoms with van der Waals surface area (Å²) in [6.07, 6.45) is 3.96. The van der Waals surface area contributed by atoms with E-state index in [1.165, 1.54) is 30.4 Å². The number of nitrogens with one attached hydrogen (secondary N) is 2. The van der Waals surface area contributed by atoms with E-state index in [-0.39, 0.29) is 0 Å². The summed E-state index contributed by atoms with van der Waals surface area (Å²) >= 11 is 0. The summed E-state index contributed by atoms with van der Waals surface area (Å²) in [7, 11) is 0. The van der Waals surface area contributed by atoms with Crippen LogP contribution in [0.2, 0.25) is 0 Å². The van der Waals surface area contributed by atoms with Crippen LogP contribution >= 0.6 is 0 Å². The van der Waals surface area contributed by atoms with E-state index in [0.29, 0.717) is 5.92 Å². The highest BCUT2D eigenvalue weighted by Gasteiger charge is 2.19. The first-order valence-electron chi connectivity index (χ1n) is 7.32. The van der Waals surface area contributed by atoms with Crippen molar-refractivity contribution in [3.63, 3.8) is 0 Å². The molecule has 2 rings (SSSR count). The average molecular weight is 246 g/mol. The number of hydrogen-bond acceptors (Lipinski definition) is 2. The Morgan fingerprint density at radius 1 is 1.17 bits per heavy atom. The van der Waals surface area contributed by atoms with Crippen molar-refractivity contribution in [2.24, 2.45) is 0 Å². The summed E-state index contributed by atoms with van der Waals surface area (Å²) in [6.45, 7) is 7.66. The lowest BCUT2D eigenvalue weighted by molar-refractivity contribution is 0.608. The Bertz CT molecular complexity index is 341. The quantitative estimate of drug-likeness (QED) is 0.689. The first-order valence-corrected chi connectivity index (χ1v) is 7.32. The monoisotopic (exact) mass is 246 g/mol. The fourth-order valence-electron chi connectivity index (χ4n) is 2.08. The van der Waals surface area contributed by atoms with Crippen LogP contribution in [0.3, 0.4) is 0 Å². The maximum atomic E-state index is 3.51. The van der Waals surface area contributed by atoms with Crippen LogP contribution in [0.5, 0.6) is 0 Å². The lowest BCUT2D eigenvalue weighted by Gasteiger charge is -2.10. The molecule has 1 aromatic rings. The topological polar surface area (TPSA) is 24.1 Å². The smallest absolute Gasteiger partial charge is 0.0206 e. The number of benzene rings is 1. The van der Waals surface area contributed by atoms with Crippen LogP contribution in [-0.2, 0) is 6.54 Å². The molecule has 0 aromatic heterocycles. The second kappa shape index (κ2) is 6.91. The SMILES string of the molecule is CCC(C)c1ccc(CNCCNC2CC2)cc1. The summed E-state index contributed by atoms with van der Waals surface area (Å²) < 4.78 is 0. The van der Waals surface area contributed by atoms with Gasteiger partial charge in [-0.3, -0.25) is 0 Å². The highest BCUT2D eigenvalue weighted by atomic mass is 15.0. The minimum Gasteiger partial charge on any atom is -0.313 e. The largest absolute Gasteiger partial charge is 0.313 e. The first-order chi connectivity index (χ1) is 8.79. The lowest BCUT2D eigenvalue weighted by Crippen LogP contribution is -2.28. The molecule has 1 fully saturated rings. The van der Waals surface area contributed by atoms with Gasteiger partial charge in [-0.15, -0.1) is 0 Å². The third-order valence-corrected chi connectivity index (χ3v) is 3.80. The maximum absolute atomic E-state index is 3.51. The predicted molar refractivity (Wildman–Crippen MR) is 77.9 cm³/mol. The van der Waals surface area contributed by atoms with Crippen LogP contribution < -0.4 is 10.6 Å². The van der Waals surface area contributed by atoms with Crippen LogP contribution in [0.25, 0.3) is 0 Å². The Hall–Kier alpha value is -0.860. The molecule has 1 unspecified atom stereocenters. The van der Waals surface area contributed by atoms with Crippen molar-refractivity contribution in [3.05, 3.63) is 35.4 Å². The van der Waals surface area contributed by atoms with E-state index in [4.69, 9.17) is 0 Å². The Balaban J connectivity index is 1.65. The van der Waals surface area contributed by atoms with Crippen LogP contribution in [0.4, 0.5) is 0 Å². The van der Waals surface area contributed by atoms with Gasteiger partial charge in [0.15, 0.2) is 0 Å². The normalized spacial score (nSPS) is 16.8. The predicted octanol–water partition coefficient (Wildman–Crippen LogP) is 3.04. The summed E-state index contributed by atoms with van der Waals surface area (Å²) in [5.41, 5.74) is 2.84. The van der Waals surface area contributed by atoms with Crippen LogP contribution in [0.1, 0.15) is 50.2 Å². The van der Waals surface area contributed by atoms with Gasteiger partial charge in [-0.05, 0) is 36.3 Å². The zero-order chi connectivity index (χ0) is 12.8. The van der Waals surface area contributed by atoms with Crippen molar-refractivity contribution >= 4 is 0 Å². The van der Waals surface area contributed by atoms with Crippen LogP contribution in [0, 0.1) is 0 Å². The summed E-state index contributed by atoms with van der Waals surface area (Å²) in [5, 5.41) is 7.00. The molecule has 0 radical (unpaired) electrons. The van der Waals surface area contributed by atoms with Crippen LogP contribution in [0.15, 0.2) is 24.3 Å². The zero-order valence-corrected chi connectivity index (χ0v) is 11.7. The van der Waals surface area contributed by atoms with Gasteiger partial charge in [0.1, 0.15) is 0 Å². The van der Waals surface area contributed by atoms with Gasteiger partial charge in [-0.2, -0.15) is 0 Å². The fourth-order valence-corrected chi connectivity index (χ4v) is 2.08. The minimum atomic E-state index is 0.676. The molecule has 0 spiro atoms. The lowest BCUT2D eigenvalue weighted by atomic mass is 9.98. The molecular formula is C16H26N2. The van der Waals surface area contributed by atoms with E-state index in [1.807, 2.05) is 0 Å². The van der Waals surface area contributed by atoms with Crippen molar-refractivity contribution in [1.82, 2.24) is 10.6 Å². The molecule has 0 saturated heterocycles. The Morgan fingerprint density at radius 2 is 1.89 bits per heavy atom. The third-order valence-electron chi connectivity index (χ3n) is 3.80. The van der Waals surface area contributed by atoms with Crippen molar-refractivity contribution in [1.29, 1.82) is 0 Å². The molecule has 0 bridgehead atoms. The van der Waals surface area contributed by atoms with Crippen LogP contribution in [-0.4, -0.2) is 19.1 Å². The molecule has 0 amide bonds. The maximum Gasteiger partial charge on any atom is 0.0206 e. The van der Waals surface area contributed by atoms with Gasteiger partial charge in [0.25, 0.3) is 0 Å². The van der Waals surface area contributed by atoms with E-state index in [1.54, 1.807) is 0 Å². The Kier molecular flexibility index (Phi) is 5.21. The molecule has 0 heterocycles. The second-order valence-electron chi connectivity index (χ2n) is 5.46. The number of hydrogen-bond donors (Lipinski definition) is 2. The van der Waals surface area contributed by atoms with Crippen molar-refractivity contribution in [3.8, 4) is 0 Å². The second-order valence-corrected chi connectivity index (χ2v) is 5.46. The first kappa shape index (κ1) is 13.6. The highest BCUT2D eigenvalue weighted by molar-refractivity contribution is 5.24. The number of rotatable bonds is 8. The summed E-state index contributed by atoms with van der Waals surface area (Å²) in [4.78, 5) is 0. The zero-order valence-electron chi connectivity index (χ0n) is 11.7. The molecule has 1 atom stereocenters. The fraction of sp³-hybridized carbons (Fsp3) is 0.625. The molecule has 1 aliphatic carbocycles. The van der Waals surface area contributed by atoms with E-state index < -0.39 is 0 Å². The van der Waals surface area contributed by atoms with Gasteiger partial charge in [0, 0.05) is 25.7 Å². The molecule has 1 aliphatic rings. The van der Waals surface area contributed by atoms with Gasteiger partial charge >= 0.3 is 0 Å². The average Bonchev–Trinajstić information content (AvgIpc) is 3.22. The molecule has 1 aromatic carbocycles. The van der Waals surface area contributed by atoms with Crippen molar-refractivity contribution in [2.45, 2.75) is 51.6 Å². The standard InChI is InChI=1S/C16H26N2/c1-3-13(2)15-6-4-14(5-7-15)12-17-10-11-18-16-8-9-16/h4-7,13,16-18H,3,8-12H2,1-2H3. The molecule has 18 heavy (non-hydrogen) atoms. The van der Waals surface area contributed by atoms with E-state index in [9.17, 15) is 0 Å². The van der Waals surface area contributed by atoms with E-state index in [0.717, 1.165) is 25.7 Å². The van der Waals surface area contributed by atoms with Gasteiger partial charge in [0.2, 0.25) is 0 Å². The van der Waals surface area contributed by atoms with E-state index in [2.05, 4.69) is 48.7 Å². The van der Waals surface area contributed by atoms with Crippen molar-refractivity contribution in [2.75, 3.05) is 13.1 Å². The third kappa shape index (κ3) is 4.43. The molecule has 2 nitrogen and oxygen atoms in total. The highest BCUT2D eigenvalue weighted by Crippen LogP contribution is 2.19. The molecule has 1 saturated carbocycles. The van der Waals surface area contributed by atoms with Gasteiger partial charge in [0.05, 0.1) is 0 Å². The molecular weight excluding hydrogens is 220 g/mol.